The van der Waals surface area contributed by atoms with Crippen molar-refractivity contribution in [3.8, 4) is 0 Å². The van der Waals surface area contributed by atoms with Crippen LogP contribution in [0.5, 0.6) is 0 Å². The van der Waals surface area contributed by atoms with Gasteiger partial charge in [-0.15, -0.1) is 0 Å². The Balaban J connectivity index is 3.03. The molecule has 3 heteroatoms. The summed E-state index contributed by atoms with van der Waals surface area (Å²) in [4.78, 5) is 10.7. The van der Waals surface area contributed by atoms with Crippen molar-refractivity contribution in [3.63, 3.8) is 0 Å². The molecule has 70 valence electrons. The van der Waals surface area contributed by atoms with Crippen LogP contribution in [-0.4, -0.2) is 11.1 Å². The third-order valence-electron chi connectivity index (χ3n) is 2.07. The standard InChI is InChI=1S/C10H11BrO2/c1-6-3-4-8(5-9(6)11)7(2)10(12)13/h3-5,7H,1-2H3,(H,12,13)/t7-/m1/s1. The van der Waals surface area contributed by atoms with Gasteiger partial charge >= 0.3 is 5.97 Å². The Labute approximate surface area is 85.7 Å². The highest BCUT2D eigenvalue weighted by molar-refractivity contribution is 9.10. The van der Waals surface area contributed by atoms with E-state index in [2.05, 4.69) is 15.9 Å². The first-order chi connectivity index (χ1) is 6.02. The minimum atomic E-state index is -0.796. The van der Waals surface area contributed by atoms with Crippen LogP contribution in [0.3, 0.4) is 0 Å². The maximum atomic E-state index is 10.7. The summed E-state index contributed by atoms with van der Waals surface area (Å²) < 4.78 is 0.957. The fraction of sp³-hybridized carbons (Fsp3) is 0.300. The van der Waals surface area contributed by atoms with Crippen molar-refractivity contribution in [3.05, 3.63) is 33.8 Å². The van der Waals surface area contributed by atoms with Gasteiger partial charge in [0.25, 0.3) is 0 Å². The van der Waals surface area contributed by atoms with Crippen molar-refractivity contribution >= 4 is 21.9 Å². The molecule has 0 aliphatic carbocycles. The summed E-state index contributed by atoms with van der Waals surface area (Å²) in [5.74, 6) is -1.24. The summed E-state index contributed by atoms with van der Waals surface area (Å²) in [5.41, 5.74) is 1.94. The van der Waals surface area contributed by atoms with Crippen molar-refractivity contribution in [1.29, 1.82) is 0 Å². The van der Waals surface area contributed by atoms with Crippen LogP contribution in [0, 0.1) is 6.92 Å². The molecule has 0 bridgehead atoms. The molecule has 0 saturated heterocycles. The topological polar surface area (TPSA) is 37.3 Å². The van der Waals surface area contributed by atoms with Crippen LogP contribution in [0.2, 0.25) is 0 Å². The number of benzene rings is 1. The van der Waals surface area contributed by atoms with E-state index in [-0.39, 0.29) is 0 Å². The SMILES string of the molecule is Cc1ccc([C@@H](C)C(=O)O)cc1Br. The lowest BCUT2D eigenvalue weighted by Gasteiger charge is -2.07. The van der Waals surface area contributed by atoms with E-state index in [4.69, 9.17) is 5.11 Å². The lowest BCUT2D eigenvalue weighted by molar-refractivity contribution is -0.138. The molecule has 0 heterocycles. The third kappa shape index (κ3) is 2.31. The summed E-state index contributed by atoms with van der Waals surface area (Å²) in [6.45, 7) is 3.65. The van der Waals surface area contributed by atoms with Crippen LogP contribution in [0.15, 0.2) is 22.7 Å². The number of carboxylic acid groups (broad SMARTS) is 1. The van der Waals surface area contributed by atoms with Crippen LogP contribution < -0.4 is 0 Å². The molecule has 13 heavy (non-hydrogen) atoms. The normalized spacial score (nSPS) is 12.5. The molecule has 0 radical (unpaired) electrons. The molecule has 0 aliphatic heterocycles. The molecule has 0 unspecified atom stereocenters. The van der Waals surface area contributed by atoms with Gasteiger partial charge in [-0.05, 0) is 31.0 Å². The highest BCUT2D eigenvalue weighted by atomic mass is 79.9. The third-order valence-corrected chi connectivity index (χ3v) is 2.92. The van der Waals surface area contributed by atoms with Gasteiger partial charge in [0.2, 0.25) is 0 Å². The predicted molar refractivity (Wildman–Crippen MR) is 54.9 cm³/mol. The number of aryl methyl sites for hydroxylation is 1. The summed E-state index contributed by atoms with van der Waals surface area (Å²) in [6, 6.07) is 5.62. The van der Waals surface area contributed by atoms with Gasteiger partial charge in [-0.25, -0.2) is 0 Å². The van der Waals surface area contributed by atoms with E-state index in [1.165, 1.54) is 0 Å². The van der Waals surface area contributed by atoms with Crippen molar-refractivity contribution < 1.29 is 9.90 Å². The van der Waals surface area contributed by atoms with Gasteiger partial charge in [0.05, 0.1) is 5.92 Å². The fourth-order valence-electron chi connectivity index (χ4n) is 1.02. The first-order valence-electron chi connectivity index (χ1n) is 4.01. The average Bonchev–Trinajstić information content (AvgIpc) is 2.08. The quantitative estimate of drug-likeness (QED) is 0.866. The monoisotopic (exact) mass is 242 g/mol. The van der Waals surface area contributed by atoms with Crippen LogP contribution in [0.25, 0.3) is 0 Å². The molecule has 1 aromatic rings. The van der Waals surface area contributed by atoms with Gasteiger partial charge in [-0.1, -0.05) is 28.1 Å². The maximum Gasteiger partial charge on any atom is 0.310 e. The number of hydrogen-bond donors (Lipinski definition) is 1. The average molecular weight is 243 g/mol. The molecular formula is C10H11BrO2. The molecule has 1 aromatic carbocycles. The zero-order valence-electron chi connectivity index (χ0n) is 7.54. The second-order valence-electron chi connectivity index (χ2n) is 3.07. The molecular weight excluding hydrogens is 232 g/mol. The van der Waals surface area contributed by atoms with E-state index < -0.39 is 11.9 Å². The second kappa shape index (κ2) is 3.92. The number of carboxylic acids is 1. The first kappa shape index (κ1) is 10.3. The Morgan fingerprint density at radius 1 is 1.54 bits per heavy atom. The lowest BCUT2D eigenvalue weighted by Crippen LogP contribution is -2.07. The van der Waals surface area contributed by atoms with Gasteiger partial charge in [-0.2, -0.15) is 0 Å². The Bertz CT molecular complexity index is 334. The van der Waals surface area contributed by atoms with E-state index in [9.17, 15) is 4.79 Å². The van der Waals surface area contributed by atoms with Gasteiger partial charge < -0.3 is 5.11 Å². The van der Waals surface area contributed by atoms with Crippen molar-refractivity contribution in [1.82, 2.24) is 0 Å². The molecule has 2 nitrogen and oxygen atoms in total. The van der Waals surface area contributed by atoms with Crippen LogP contribution in [-0.2, 0) is 4.79 Å². The van der Waals surface area contributed by atoms with E-state index in [1.807, 2.05) is 25.1 Å². The van der Waals surface area contributed by atoms with Crippen LogP contribution in [0.1, 0.15) is 24.0 Å². The molecule has 0 saturated carbocycles. The minimum absolute atomic E-state index is 0.447. The molecule has 1 atom stereocenters. The van der Waals surface area contributed by atoms with E-state index in [0.717, 1.165) is 15.6 Å². The lowest BCUT2D eigenvalue weighted by atomic mass is 10.0. The zero-order valence-corrected chi connectivity index (χ0v) is 9.13. The van der Waals surface area contributed by atoms with Gasteiger partial charge in [0, 0.05) is 4.47 Å². The maximum absolute atomic E-state index is 10.7. The van der Waals surface area contributed by atoms with Crippen molar-refractivity contribution in [2.75, 3.05) is 0 Å². The van der Waals surface area contributed by atoms with Gasteiger partial charge in [-0.3, -0.25) is 4.79 Å². The predicted octanol–water partition coefficient (Wildman–Crippen LogP) is 2.95. The van der Waals surface area contributed by atoms with E-state index in [1.54, 1.807) is 6.92 Å². The number of carbonyl (C=O) groups is 1. The summed E-state index contributed by atoms with van der Waals surface area (Å²) in [7, 11) is 0. The smallest absolute Gasteiger partial charge is 0.310 e. The fourth-order valence-corrected chi connectivity index (χ4v) is 1.42. The second-order valence-corrected chi connectivity index (χ2v) is 3.92. The number of halogens is 1. The molecule has 0 aliphatic rings. The van der Waals surface area contributed by atoms with Crippen LogP contribution >= 0.6 is 15.9 Å². The Morgan fingerprint density at radius 2 is 2.15 bits per heavy atom. The largest absolute Gasteiger partial charge is 0.481 e. The van der Waals surface area contributed by atoms with Gasteiger partial charge in [0.15, 0.2) is 0 Å². The number of rotatable bonds is 2. The Hall–Kier alpha value is -0.830. The minimum Gasteiger partial charge on any atom is -0.481 e. The molecule has 0 fully saturated rings. The highest BCUT2D eigenvalue weighted by Gasteiger charge is 2.13. The molecule has 1 rings (SSSR count). The summed E-state index contributed by atoms with van der Waals surface area (Å²) in [6.07, 6.45) is 0. The molecule has 0 amide bonds. The summed E-state index contributed by atoms with van der Waals surface area (Å²) in [5, 5.41) is 8.78. The van der Waals surface area contributed by atoms with E-state index >= 15 is 0 Å². The van der Waals surface area contributed by atoms with Crippen molar-refractivity contribution in [2.45, 2.75) is 19.8 Å². The number of aliphatic carboxylic acids is 1. The highest BCUT2D eigenvalue weighted by Crippen LogP contribution is 2.22. The molecule has 0 spiro atoms. The zero-order chi connectivity index (χ0) is 10.0. The molecule has 0 aromatic heterocycles. The first-order valence-corrected chi connectivity index (χ1v) is 4.80. The number of hydrogen-bond acceptors (Lipinski definition) is 1. The Morgan fingerprint density at radius 3 is 2.62 bits per heavy atom. The molecule has 1 N–H and O–H groups in total. The summed E-state index contributed by atoms with van der Waals surface area (Å²) >= 11 is 3.37. The van der Waals surface area contributed by atoms with Gasteiger partial charge in [0.1, 0.15) is 0 Å². The van der Waals surface area contributed by atoms with E-state index in [0.29, 0.717) is 0 Å². The Kier molecular flexibility index (Phi) is 3.09. The van der Waals surface area contributed by atoms with Crippen molar-refractivity contribution in [2.24, 2.45) is 0 Å². The van der Waals surface area contributed by atoms with Crippen LogP contribution in [0.4, 0.5) is 0 Å².